The first-order valence-electron chi connectivity index (χ1n) is 5.98. The minimum absolute atomic E-state index is 0.0709. The molecule has 5 nitrogen and oxygen atoms in total. The van der Waals surface area contributed by atoms with Crippen molar-refractivity contribution in [3.05, 3.63) is 0 Å². The van der Waals surface area contributed by atoms with Crippen molar-refractivity contribution in [3.8, 4) is 0 Å². The summed E-state index contributed by atoms with van der Waals surface area (Å²) >= 11 is 0. The normalized spacial score (nSPS) is 29.1. The lowest BCUT2D eigenvalue weighted by Gasteiger charge is -2.28. The number of ether oxygens (including phenoxy) is 1. The lowest BCUT2D eigenvalue weighted by Crippen LogP contribution is -2.49. The molecule has 0 aliphatic carbocycles. The molecule has 2 aliphatic rings. The summed E-state index contributed by atoms with van der Waals surface area (Å²) in [6, 6.07) is 0.0709. The van der Waals surface area contributed by atoms with Crippen LogP contribution >= 0.6 is 0 Å². The fourth-order valence-corrected chi connectivity index (χ4v) is 3.94. The van der Waals surface area contributed by atoms with Gasteiger partial charge in [-0.2, -0.15) is 0 Å². The lowest BCUT2D eigenvalue weighted by atomic mass is 10.1. The SMILES string of the molecule is O=S(=O)(N[C@H]1CCCNC1)C1CCOCC1. The van der Waals surface area contributed by atoms with Crippen molar-refractivity contribution in [1.29, 1.82) is 0 Å². The zero-order valence-corrected chi connectivity index (χ0v) is 10.3. The van der Waals surface area contributed by atoms with Crippen LogP contribution in [0.2, 0.25) is 0 Å². The van der Waals surface area contributed by atoms with Gasteiger partial charge in [-0.15, -0.1) is 0 Å². The van der Waals surface area contributed by atoms with Gasteiger partial charge in [0, 0.05) is 25.8 Å². The zero-order valence-electron chi connectivity index (χ0n) is 9.44. The highest BCUT2D eigenvalue weighted by Crippen LogP contribution is 2.16. The maximum atomic E-state index is 12.1. The van der Waals surface area contributed by atoms with Gasteiger partial charge in [-0.25, -0.2) is 13.1 Å². The maximum Gasteiger partial charge on any atom is 0.214 e. The standard InChI is InChI=1S/C10H20N2O3S/c13-16(14,10-3-6-15-7-4-10)12-9-2-1-5-11-8-9/h9-12H,1-8H2/t9-/m0/s1. The Labute approximate surface area is 97.0 Å². The topological polar surface area (TPSA) is 67.4 Å². The first-order chi connectivity index (χ1) is 7.68. The van der Waals surface area contributed by atoms with E-state index in [1.807, 2.05) is 0 Å². The number of nitrogens with one attached hydrogen (secondary N) is 2. The first-order valence-corrected chi connectivity index (χ1v) is 7.53. The molecule has 0 spiro atoms. The Morgan fingerprint density at radius 1 is 1.19 bits per heavy atom. The van der Waals surface area contributed by atoms with Crippen LogP contribution in [0.4, 0.5) is 0 Å². The van der Waals surface area contributed by atoms with Crippen molar-refractivity contribution in [3.63, 3.8) is 0 Å². The van der Waals surface area contributed by atoms with Crippen molar-refractivity contribution in [2.45, 2.75) is 37.0 Å². The predicted octanol–water partition coefficient (Wildman–Crippen LogP) is -0.163. The molecule has 0 amide bonds. The van der Waals surface area contributed by atoms with Crippen molar-refractivity contribution < 1.29 is 13.2 Å². The van der Waals surface area contributed by atoms with Crippen LogP contribution in [0.5, 0.6) is 0 Å². The average molecular weight is 248 g/mol. The summed E-state index contributed by atoms with van der Waals surface area (Å²) in [4.78, 5) is 0. The van der Waals surface area contributed by atoms with E-state index in [1.165, 1.54) is 0 Å². The maximum absolute atomic E-state index is 12.1. The number of hydrogen-bond acceptors (Lipinski definition) is 4. The van der Waals surface area contributed by atoms with Gasteiger partial charge in [-0.1, -0.05) is 0 Å². The molecule has 1 atom stereocenters. The largest absolute Gasteiger partial charge is 0.381 e. The second-order valence-electron chi connectivity index (χ2n) is 4.52. The van der Waals surface area contributed by atoms with Crippen LogP contribution in [-0.2, 0) is 14.8 Å². The Kier molecular flexibility index (Phi) is 4.18. The summed E-state index contributed by atoms with van der Waals surface area (Å²) in [6.45, 7) is 2.88. The molecule has 16 heavy (non-hydrogen) atoms. The number of rotatable bonds is 3. The molecule has 0 aromatic carbocycles. The Hall–Kier alpha value is -0.170. The Morgan fingerprint density at radius 2 is 1.94 bits per heavy atom. The monoisotopic (exact) mass is 248 g/mol. The highest BCUT2D eigenvalue weighted by atomic mass is 32.2. The summed E-state index contributed by atoms with van der Waals surface area (Å²) in [6.07, 6.45) is 3.22. The van der Waals surface area contributed by atoms with Crippen LogP contribution in [0, 0.1) is 0 Å². The third-order valence-electron chi connectivity index (χ3n) is 3.23. The van der Waals surface area contributed by atoms with Crippen molar-refractivity contribution in [2.24, 2.45) is 0 Å². The summed E-state index contributed by atoms with van der Waals surface area (Å²) in [7, 11) is -3.15. The van der Waals surface area contributed by atoms with Crippen LogP contribution < -0.4 is 10.0 Å². The fourth-order valence-electron chi connectivity index (χ4n) is 2.27. The van der Waals surface area contributed by atoms with Crippen molar-refractivity contribution >= 4 is 10.0 Å². The summed E-state index contributed by atoms with van der Waals surface area (Å²) in [5.74, 6) is 0. The van der Waals surface area contributed by atoms with Gasteiger partial charge in [0.1, 0.15) is 0 Å². The molecule has 2 N–H and O–H groups in total. The Morgan fingerprint density at radius 3 is 2.56 bits per heavy atom. The van der Waals surface area contributed by atoms with Crippen LogP contribution in [0.3, 0.4) is 0 Å². The molecular weight excluding hydrogens is 228 g/mol. The van der Waals surface area contributed by atoms with Gasteiger partial charge in [0.15, 0.2) is 0 Å². The van der Waals surface area contributed by atoms with Crippen molar-refractivity contribution in [2.75, 3.05) is 26.3 Å². The van der Waals surface area contributed by atoms with E-state index in [-0.39, 0.29) is 11.3 Å². The summed E-state index contributed by atoms with van der Waals surface area (Å²) in [5.41, 5.74) is 0. The predicted molar refractivity (Wildman–Crippen MR) is 61.8 cm³/mol. The van der Waals surface area contributed by atoms with Gasteiger partial charge in [0.05, 0.1) is 5.25 Å². The highest BCUT2D eigenvalue weighted by molar-refractivity contribution is 7.90. The van der Waals surface area contributed by atoms with Crippen LogP contribution in [0.25, 0.3) is 0 Å². The molecule has 94 valence electrons. The minimum atomic E-state index is -3.15. The molecule has 0 bridgehead atoms. The molecule has 0 unspecified atom stereocenters. The third-order valence-corrected chi connectivity index (χ3v) is 5.25. The fraction of sp³-hybridized carbons (Fsp3) is 1.00. The van der Waals surface area contributed by atoms with Gasteiger partial charge < -0.3 is 10.1 Å². The summed E-state index contributed by atoms with van der Waals surface area (Å²) < 4.78 is 32.1. The highest BCUT2D eigenvalue weighted by Gasteiger charge is 2.30. The summed E-state index contributed by atoms with van der Waals surface area (Å²) in [5, 5.41) is 2.95. The smallest absolute Gasteiger partial charge is 0.214 e. The number of sulfonamides is 1. The van der Waals surface area contributed by atoms with Gasteiger partial charge in [-0.05, 0) is 32.2 Å². The van der Waals surface area contributed by atoms with Crippen LogP contribution in [0.15, 0.2) is 0 Å². The molecule has 0 aromatic rings. The van der Waals surface area contributed by atoms with Crippen molar-refractivity contribution in [1.82, 2.24) is 10.0 Å². The molecule has 2 fully saturated rings. The van der Waals surface area contributed by atoms with E-state index in [9.17, 15) is 8.42 Å². The van der Waals surface area contributed by atoms with E-state index in [2.05, 4.69) is 10.0 Å². The van der Waals surface area contributed by atoms with Gasteiger partial charge in [-0.3, -0.25) is 0 Å². The third kappa shape index (κ3) is 3.16. The lowest BCUT2D eigenvalue weighted by molar-refractivity contribution is 0.0980. The van der Waals surface area contributed by atoms with Gasteiger partial charge in [0.25, 0.3) is 0 Å². The number of piperidine rings is 1. The zero-order chi connectivity index (χ0) is 11.4. The molecule has 2 rings (SSSR count). The van der Waals surface area contributed by atoms with E-state index in [0.29, 0.717) is 26.1 Å². The molecule has 6 heteroatoms. The molecule has 0 saturated carbocycles. The Bertz CT molecular complexity index is 306. The van der Waals surface area contributed by atoms with Crippen LogP contribution in [0.1, 0.15) is 25.7 Å². The van der Waals surface area contributed by atoms with E-state index in [0.717, 1.165) is 25.9 Å². The second-order valence-corrected chi connectivity index (χ2v) is 6.51. The second kappa shape index (κ2) is 5.44. The Balaban J connectivity index is 1.90. The molecular formula is C10H20N2O3S. The van der Waals surface area contributed by atoms with Crippen LogP contribution in [-0.4, -0.2) is 46.0 Å². The molecule has 2 heterocycles. The van der Waals surface area contributed by atoms with E-state index < -0.39 is 10.0 Å². The molecule has 0 radical (unpaired) electrons. The first kappa shape index (κ1) is 12.3. The molecule has 2 saturated heterocycles. The van der Waals surface area contributed by atoms with E-state index in [4.69, 9.17) is 4.74 Å². The van der Waals surface area contributed by atoms with E-state index >= 15 is 0 Å². The molecule has 2 aliphatic heterocycles. The molecule has 0 aromatic heterocycles. The quantitative estimate of drug-likeness (QED) is 0.728. The minimum Gasteiger partial charge on any atom is -0.381 e. The van der Waals surface area contributed by atoms with Gasteiger partial charge >= 0.3 is 0 Å². The van der Waals surface area contributed by atoms with Gasteiger partial charge in [0.2, 0.25) is 10.0 Å². The average Bonchev–Trinajstić information content (AvgIpc) is 2.31. The van der Waals surface area contributed by atoms with E-state index in [1.54, 1.807) is 0 Å². The number of hydrogen-bond donors (Lipinski definition) is 2.